The molecule has 168 valence electrons. The van der Waals surface area contributed by atoms with Crippen LogP contribution in [-0.4, -0.2) is 51.6 Å². The van der Waals surface area contributed by atoms with Crippen molar-refractivity contribution in [2.75, 3.05) is 27.2 Å². The van der Waals surface area contributed by atoms with Crippen LogP contribution >= 0.6 is 12.2 Å². The maximum atomic E-state index is 5.82. The van der Waals surface area contributed by atoms with Gasteiger partial charge in [0.25, 0.3) is 0 Å². The molecule has 0 amide bonds. The van der Waals surface area contributed by atoms with Crippen molar-refractivity contribution in [3.8, 4) is 5.69 Å². The van der Waals surface area contributed by atoms with Crippen LogP contribution in [0, 0.1) is 13.8 Å². The van der Waals surface area contributed by atoms with E-state index in [1.165, 1.54) is 28.2 Å². The van der Waals surface area contributed by atoms with Gasteiger partial charge in [0.2, 0.25) is 0 Å². The molecule has 1 saturated heterocycles. The van der Waals surface area contributed by atoms with Crippen molar-refractivity contribution in [3.05, 3.63) is 82.9 Å². The smallest absolute Gasteiger partial charge is 0.170 e. The highest BCUT2D eigenvalue weighted by atomic mass is 32.1. The van der Waals surface area contributed by atoms with Gasteiger partial charge in [-0.25, -0.2) is 0 Å². The summed E-state index contributed by atoms with van der Waals surface area (Å²) >= 11 is 5.82. The third kappa shape index (κ3) is 4.17. The number of likely N-dealkylation sites (N-methyl/N-ethyl adjacent to an activating group) is 1. The van der Waals surface area contributed by atoms with Crippen LogP contribution in [0.4, 0.5) is 0 Å². The number of thiocarbonyl (C=S) groups is 1. The Labute approximate surface area is 197 Å². The summed E-state index contributed by atoms with van der Waals surface area (Å²) in [7, 11) is 4.21. The molecule has 0 spiro atoms. The van der Waals surface area contributed by atoms with Gasteiger partial charge < -0.3 is 19.7 Å². The summed E-state index contributed by atoms with van der Waals surface area (Å²) in [6.07, 6.45) is 2.86. The van der Waals surface area contributed by atoms with Gasteiger partial charge >= 0.3 is 0 Å². The van der Waals surface area contributed by atoms with Crippen LogP contribution in [0.2, 0.25) is 0 Å². The van der Waals surface area contributed by atoms with Gasteiger partial charge in [0.15, 0.2) is 5.11 Å². The Morgan fingerprint density at radius 1 is 1.09 bits per heavy atom. The molecule has 3 heterocycles. The third-order valence-electron chi connectivity index (χ3n) is 6.39. The molecular weight excluding hydrogens is 414 g/mol. The summed E-state index contributed by atoms with van der Waals surface area (Å²) in [5.74, 6) is 0. The van der Waals surface area contributed by atoms with E-state index in [1.54, 1.807) is 0 Å². The van der Waals surface area contributed by atoms with Gasteiger partial charge in [-0.05, 0) is 82.0 Å². The van der Waals surface area contributed by atoms with Crippen molar-refractivity contribution in [1.82, 2.24) is 24.7 Å². The molecule has 3 aromatic rings. The predicted octanol–water partition coefficient (Wildman–Crippen LogP) is 4.59. The first kappa shape index (κ1) is 22.5. The van der Waals surface area contributed by atoms with Gasteiger partial charge in [-0.15, -0.1) is 0 Å². The number of nitrogens with zero attached hydrogens (tertiary/aromatic N) is 4. The number of benzene rings is 1. The minimum Gasteiger partial charge on any atom is -0.352 e. The fourth-order valence-corrected chi connectivity index (χ4v) is 5.11. The number of aryl methyl sites for hydroxylation is 2. The summed E-state index contributed by atoms with van der Waals surface area (Å²) < 4.78 is 2.40. The minimum atomic E-state index is 0.0150. The van der Waals surface area contributed by atoms with Crippen molar-refractivity contribution in [3.63, 3.8) is 0 Å². The maximum Gasteiger partial charge on any atom is 0.170 e. The zero-order valence-corrected chi connectivity index (χ0v) is 20.5. The second-order valence-electron chi connectivity index (χ2n) is 8.77. The topological polar surface area (TPSA) is 36.3 Å². The van der Waals surface area contributed by atoms with E-state index in [2.05, 4.69) is 95.9 Å². The van der Waals surface area contributed by atoms with Gasteiger partial charge in [0.05, 0.1) is 17.8 Å². The minimum absolute atomic E-state index is 0.0150. The lowest BCUT2D eigenvalue weighted by molar-refractivity contribution is 0.277. The average Bonchev–Trinajstić information content (AvgIpc) is 3.27. The van der Waals surface area contributed by atoms with Crippen molar-refractivity contribution in [2.24, 2.45) is 0 Å². The van der Waals surface area contributed by atoms with Crippen molar-refractivity contribution in [2.45, 2.75) is 39.3 Å². The SMILES string of the molecule is CCc1ccccc1-n1c(C)cc(C2C(c3ccccn3)NC(=S)N2CCN(C)C)c1C. The molecule has 4 rings (SSSR count). The Bertz CT molecular complexity index is 1090. The number of para-hydroxylation sites is 1. The van der Waals surface area contributed by atoms with E-state index >= 15 is 0 Å². The zero-order valence-electron chi connectivity index (χ0n) is 19.7. The molecule has 2 aromatic heterocycles. The normalized spacial score (nSPS) is 18.4. The van der Waals surface area contributed by atoms with Crippen LogP contribution in [0.3, 0.4) is 0 Å². The summed E-state index contributed by atoms with van der Waals surface area (Å²) in [5.41, 5.74) is 7.44. The molecule has 5 nitrogen and oxygen atoms in total. The van der Waals surface area contributed by atoms with E-state index in [0.29, 0.717) is 0 Å². The second-order valence-corrected chi connectivity index (χ2v) is 9.15. The Hall–Kier alpha value is -2.70. The van der Waals surface area contributed by atoms with Gasteiger partial charge in [-0.1, -0.05) is 31.2 Å². The monoisotopic (exact) mass is 447 g/mol. The number of nitrogens with one attached hydrogen (secondary N) is 1. The highest BCUT2D eigenvalue weighted by Gasteiger charge is 2.41. The predicted molar refractivity (Wildman–Crippen MR) is 135 cm³/mol. The van der Waals surface area contributed by atoms with Crippen LogP contribution in [0.5, 0.6) is 0 Å². The maximum absolute atomic E-state index is 5.82. The molecule has 2 atom stereocenters. The molecule has 1 aliphatic heterocycles. The fraction of sp³-hybridized carbons (Fsp3) is 0.385. The van der Waals surface area contributed by atoms with Gasteiger partial charge in [-0.2, -0.15) is 0 Å². The number of hydrogen-bond donors (Lipinski definition) is 1. The molecule has 0 saturated carbocycles. The largest absolute Gasteiger partial charge is 0.352 e. The van der Waals surface area contributed by atoms with Crippen molar-refractivity contribution >= 4 is 17.3 Å². The molecule has 1 aromatic carbocycles. The summed E-state index contributed by atoms with van der Waals surface area (Å²) in [5, 5.41) is 4.38. The van der Waals surface area contributed by atoms with Crippen LogP contribution in [-0.2, 0) is 6.42 Å². The van der Waals surface area contributed by atoms with Crippen molar-refractivity contribution in [1.29, 1.82) is 0 Å². The number of aromatic nitrogens is 2. The molecule has 1 fully saturated rings. The highest BCUT2D eigenvalue weighted by molar-refractivity contribution is 7.80. The molecule has 1 N–H and O–H groups in total. The van der Waals surface area contributed by atoms with E-state index < -0.39 is 0 Å². The number of hydrogen-bond acceptors (Lipinski definition) is 3. The molecule has 2 unspecified atom stereocenters. The fourth-order valence-electron chi connectivity index (χ4n) is 4.78. The molecule has 32 heavy (non-hydrogen) atoms. The van der Waals surface area contributed by atoms with Crippen LogP contribution < -0.4 is 5.32 Å². The van der Waals surface area contributed by atoms with E-state index in [-0.39, 0.29) is 12.1 Å². The highest BCUT2D eigenvalue weighted by Crippen LogP contribution is 2.41. The quantitative estimate of drug-likeness (QED) is 0.536. The van der Waals surface area contributed by atoms with E-state index in [9.17, 15) is 0 Å². The number of rotatable bonds is 7. The molecule has 0 radical (unpaired) electrons. The molecule has 1 aliphatic rings. The van der Waals surface area contributed by atoms with E-state index in [1.807, 2.05) is 18.3 Å². The van der Waals surface area contributed by atoms with Crippen molar-refractivity contribution < 1.29 is 0 Å². The second kappa shape index (κ2) is 9.43. The molecular formula is C26H33N5S. The molecule has 0 bridgehead atoms. The Morgan fingerprint density at radius 2 is 1.84 bits per heavy atom. The molecule has 6 heteroatoms. The summed E-state index contributed by atoms with van der Waals surface area (Å²) in [4.78, 5) is 9.22. The average molecular weight is 448 g/mol. The van der Waals surface area contributed by atoms with E-state index in [4.69, 9.17) is 12.2 Å². The Morgan fingerprint density at radius 3 is 2.53 bits per heavy atom. The van der Waals surface area contributed by atoms with Crippen LogP contribution in [0.25, 0.3) is 5.69 Å². The first-order valence-corrected chi connectivity index (χ1v) is 11.7. The Balaban J connectivity index is 1.83. The summed E-state index contributed by atoms with van der Waals surface area (Å²) in [6, 6.07) is 17.2. The lowest BCUT2D eigenvalue weighted by Crippen LogP contribution is -2.35. The van der Waals surface area contributed by atoms with E-state index in [0.717, 1.165) is 30.3 Å². The van der Waals surface area contributed by atoms with Gasteiger partial charge in [0.1, 0.15) is 0 Å². The zero-order chi connectivity index (χ0) is 22.8. The van der Waals surface area contributed by atoms with Gasteiger partial charge in [0, 0.05) is 36.4 Å². The third-order valence-corrected chi connectivity index (χ3v) is 6.74. The van der Waals surface area contributed by atoms with Gasteiger partial charge in [-0.3, -0.25) is 4.98 Å². The van der Waals surface area contributed by atoms with Crippen LogP contribution in [0.1, 0.15) is 47.2 Å². The Kier molecular flexibility index (Phi) is 6.63. The first-order chi connectivity index (χ1) is 15.4. The molecule has 0 aliphatic carbocycles. The standard InChI is InChI=1S/C26H33N5S/c1-6-20-11-7-8-13-23(20)31-18(2)17-21(19(31)3)25-24(22-12-9-10-14-27-22)28-26(32)30(25)16-15-29(4)5/h7-14,17,24-25H,6,15-16H2,1-5H3,(H,28,32). The van der Waals surface area contributed by atoms with Crippen LogP contribution in [0.15, 0.2) is 54.7 Å². The number of pyridine rings is 1. The lowest BCUT2D eigenvalue weighted by Gasteiger charge is -2.29. The summed E-state index contributed by atoms with van der Waals surface area (Å²) in [6.45, 7) is 8.44. The first-order valence-electron chi connectivity index (χ1n) is 11.3. The lowest BCUT2D eigenvalue weighted by atomic mass is 9.96.